The first-order chi connectivity index (χ1) is 12.6. The van der Waals surface area contributed by atoms with E-state index in [2.05, 4.69) is 27.1 Å². The number of aromatic nitrogens is 5. The van der Waals surface area contributed by atoms with Crippen molar-refractivity contribution in [2.45, 2.75) is 13.8 Å². The van der Waals surface area contributed by atoms with Gasteiger partial charge in [-0.1, -0.05) is 12.2 Å². The first kappa shape index (κ1) is 17.5. The summed E-state index contributed by atoms with van der Waals surface area (Å²) < 4.78 is 1.54. The van der Waals surface area contributed by atoms with Gasteiger partial charge < -0.3 is 4.90 Å². The summed E-state index contributed by atoms with van der Waals surface area (Å²) in [5.41, 5.74) is 4.10. The normalized spacial score (nSPS) is 10.5. The van der Waals surface area contributed by atoms with Crippen molar-refractivity contribution >= 4 is 5.91 Å². The van der Waals surface area contributed by atoms with Crippen LogP contribution in [0.5, 0.6) is 0 Å². The molecular formula is C19H20N6O. The van der Waals surface area contributed by atoms with Crippen molar-refractivity contribution in [3.8, 4) is 16.8 Å². The van der Waals surface area contributed by atoms with Crippen molar-refractivity contribution in [1.29, 1.82) is 0 Å². The van der Waals surface area contributed by atoms with Gasteiger partial charge in [-0.05, 0) is 65.7 Å². The molecule has 0 unspecified atom stereocenters. The maximum atomic E-state index is 13.0. The summed E-state index contributed by atoms with van der Waals surface area (Å²) in [6, 6.07) is 9.42. The Bertz CT molecular complexity index is 905. The minimum atomic E-state index is -0.0549. The quantitative estimate of drug-likeness (QED) is 0.640. The summed E-state index contributed by atoms with van der Waals surface area (Å²) in [4.78, 5) is 18.8. The fourth-order valence-corrected chi connectivity index (χ4v) is 2.69. The van der Waals surface area contributed by atoms with Crippen molar-refractivity contribution in [2.24, 2.45) is 0 Å². The largest absolute Gasteiger partial charge is 0.335 e. The number of pyridine rings is 1. The molecule has 0 N–H and O–H groups in total. The van der Waals surface area contributed by atoms with Crippen LogP contribution in [0.15, 0.2) is 61.2 Å². The van der Waals surface area contributed by atoms with Crippen molar-refractivity contribution in [1.82, 2.24) is 30.1 Å². The fraction of sp³-hybridized carbons (Fsp3) is 0.211. The second-order valence-corrected chi connectivity index (χ2v) is 6.04. The fourth-order valence-electron chi connectivity index (χ4n) is 2.69. The Hall–Kier alpha value is -3.35. The predicted molar refractivity (Wildman–Crippen MR) is 98.8 cm³/mol. The van der Waals surface area contributed by atoms with E-state index in [1.165, 1.54) is 11.0 Å². The Morgan fingerprint density at radius 2 is 1.96 bits per heavy atom. The van der Waals surface area contributed by atoms with Gasteiger partial charge in [0.1, 0.15) is 6.33 Å². The van der Waals surface area contributed by atoms with Gasteiger partial charge in [-0.15, -0.1) is 5.10 Å². The molecule has 1 aromatic carbocycles. The van der Waals surface area contributed by atoms with Crippen LogP contribution in [0.3, 0.4) is 0 Å². The summed E-state index contributed by atoms with van der Waals surface area (Å²) in [5.74, 6) is -0.0549. The summed E-state index contributed by atoms with van der Waals surface area (Å²) in [6.45, 7) is 8.90. The Labute approximate surface area is 152 Å². The SMILES string of the molecule is C=C(C)CN(CC)C(=O)c1cc(-c2ccncc2)cc(-n2cnnn2)c1. The molecule has 7 nitrogen and oxygen atoms in total. The van der Waals surface area contributed by atoms with Gasteiger partial charge in [0.05, 0.1) is 5.69 Å². The summed E-state index contributed by atoms with van der Waals surface area (Å²) in [7, 11) is 0. The zero-order chi connectivity index (χ0) is 18.5. The average Bonchev–Trinajstić information content (AvgIpc) is 3.20. The van der Waals surface area contributed by atoms with Gasteiger partial charge in [-0.2, -0.15) is 0 Å². The van der Waals surface area contributed by atoms with Crippen molar-refractivity contribution in [3.63, 3.8) is 0 Å². The highest BCUT2D eigenvalue weighted by Gasteiger charge is 2.17. The molecule has 132 valence electrons. The molecule has 0 saturated heterocycles. The molecule has 0 bridgehead atoms. The van der Waals surface area contributed by atoms with E-state index in [0.717, 1.165) is 22.4 Å². The molecule has 3 rings (SSSR count). The molecule has 26 heavy (non-hydrogen) atoms. The first-order valence-corrected chi connectivity index (χ1v) is 8.31. The van der Waals surface area contributed by atoms with E-state index in [1.54, 1.807) is 23.4 Å². The third-order valence-electron chi connectivity index (χ3n) is 3.92. The predicted octanol–water partition coefficient (Wildman–Crippen LogP) is 2.76. The number of amides is 1. The molecule has 0 aliphatic carbocycles. The van der Waals surface area contributed by atoms with Crippen LogP contribution >= 0.6 is 0 Å². The third kappa shape index (κ3) is 3.83. The molecule has 7 heteroatoms. The van der Waals surface area contributed by atoms with Crippen LogP contribution in [0, 0.1) is 0 Å². The van der Waals surface area contributed by atoms with E-state index in [9.17, 15) is 4.79 Å². The summed E-state index contributed by atoms with van der Waals surface area (Å²) in [5, 5.41) is 11.3. The van der Waals surface area contributed by atoms with Crippen LogP contribution in [-0.2, 0) is 0 Å². The van der Waals surface area contributed by atoms with Crippen LogP contribution in [0.25, 0.3) is 16.8 Å². The van der Waals surface area contributed by atoms with Gasteiger partial charge in [0.25, 0.3) is 5.91 Å². The lowest BCUT2D eigenvalue weighted by Gasteiger charge is -2.21. The molecule has 0 radical (unpaired) electrons. The van der Waals surface area contributed by atoms with Gasteiger partial charge in [0, 0.05) is 31.0 Å². The number of hydrogen-bond donors (Lipinski definition) is 0. The highest BCUT2D eigenvalue weighted by atomic mass is 16.2. The minimum absolute atomic E-state index is 0.0549. The lowest BCUT2D eigenvalue weighted by Crippen LogP contribution is -2.32. The van der Waals surface area contributed by atoms with Gasteiger partial charge in [0.15, 0.2) is 0 Å². The number of rotatable bonds is 6. The topological polar surface area (TPSA) is 76.8 Å². The van der Waals surface area contributed by atoms with Crippen LogP contribution in [-0.4, -0.2) is 49.1 Å². The van der Waals surface area contributed by atoms with Crippen LogP contribution < -0.4 is 0 Å². The summed E-state index contributed by atoms with van der Waals surface area (Å²) in [6.07, 6.45) is 4.95. The summed E-state index contributed by atoms with van der Waals surface area (Å²) >= 11 is 0. The molecular weight excluding hydrogens is 328 g/mol. The third-order valence-corrected chi connectivity index (χ3v) is 3.92. The van der Waals surface area contributed by atoms with E-state index in [0.29, 0.717) is 18.7 Å². The molecule has 2 aromatic heterocycles. The van der Waals surface area contributed by atoms with E-state index in [-0.39, 0.29) is 5.91 Å². The molecule has 0 aliphatic rings. The Balaban J connectivity index is 2.08. The van der Waals surface area contributed by atoms with E-state index in [1.807, 2.05) is 38.1 Å². The molecule has 0 spiro atoms. The number of likely N-dealkylation sites (N-methyl/N-ethyl adjacent to an activating group) is 1. The smallest absolute Gasteiger partial charge is 0.254 e. The second-order valence-electron chi connectivity index (χ2n) is 6.04. The Morgan fingerprint density at radius 1 is 1.19 bits per heavy atom. The maximum Gasteiger partial charge on any atom is 0.254 e. The van der Waals surface area contributed by atoms with Crippen molar-refractivity contribution in [3.05, 3.63) is 66.8 Å². The first-order valence-electron chi connectivity index (χ1n) is 8.31. The van der Waals surface area contributed by atoms with Gasteiger partial charge >= 0.3 is 0 Å². The number of benzene rings is 1. The highest BCUT2D eigenvalue weighted by Crippen LogP contribution is 2.24. The molecule has 0 fully saturated rings. The zero-order valence-corrected chi connectivity index (χ0v) is 14.8. The molecule has 0 saturated carbocycles. The number of tetrazole rings is 1. The Kier molecular flexibility index (Phi) is 5.17. The number of hydrogen-bond acceptors (Lipinski definition) is 5. The van der Waals surface area contributed by atoms with Crippen molar-refractivity contribution in [2.75, 3.05) is 13.1 Å². The van der Waals surface area contributed by atoms with Crippen LogP contribution in [0.2, 0.25) is 0 Å². The maximum absolute atomic E-state index is 13.0. The lowest BCUT2D eigenvalue weighted by atomic mass is 10.0. The molecule has 1 amide bonds. The van der Waals surface area contributed by atoms with Gasteiger partial charge in [0.2, 0.25) is 0 Å². The van der Waals surface area contributed by atoms with E-state index in [4.69, 9.17) is 0 Å². The van der Waals surface area contributed by atoms with Gasteiger partial charge in [-0.25, -0.2) is 4.68 Å². The van der Waals surface area contributed by atoms with E-state index >= 15 is 0 Å². The second kappa shape index (κ2) is 7.69. The minimum Gasteiger partial charge on any atom is -0.335 e. The monoisotopic (exact) mass is 348 g/mol. The van der Waals surface area contributed by atoms with Crippen molar-refractivity contribution < 1.29 is 4.79 Å². The number of nitrogens with zero attached hydrogens (tertiary/aromatic N) is 6. The van der Waals surface area contributed by atoms with E-state index < -0.39 is 0 Å². The molecule has 3 aromatic rings. The lowest BCUT2D eigenvalue weighted by molar-refractivity contribution is 0.0778. The number of carbonyl (C=O) groups is 1. The Morgan fingerprint density at radius 3 is 2.58 bits per heavy atom. The molecule has 0 aliphatic heterocycles. The molecule has 0 atom stereocenters. The van der Waals surface area contributed by atoms with Gasteiger partial charge in [-0.3, -0.25) is 9.78 Å². The highest BCUT2D eigenvalue weighted by molar-refractivity contribution is 5.96. The zero-order valence-electron chi connectivity index (χ0n) is 14.8. The van der Waals surface area contributed by atoms with Crippen LogP contribution in [0.4, 0.5) is 0 Å². The number of carbonyl (C=O) groups excluding carboxylic acids is 1. The molecule has 2 heterocycles. The van der Waals surface area contributed by atoms with Crippen LogP contribution in [0.1, 0.15) is 24.2 Å². The standard InChI is InChI=1S/C19H20N6O/c1-4-24(12-14(2)3)19(26)17-9-16(15-5-7-20-8-6-15)10-18(11-17)25-13-21-22-23-25/h5-11,13H,2,4,12H2,1,3H3. The average molecular weight is 348 g/mol.